The molecule has 5 heterocycles. The largest absolute Gasteiger partial charge is 0.371 e. The number of imidazole rings is 1. The number of rotatable bonds is 6. The van der Waals surface area contributed by atoms with E-state index >= 15 is 0 Å². The number of pyridine rings is 1. The third-order valence-corrected chi connectivity index (χ3v) is 7.76. The van der Waals surface area contributed by atoms with Crippen LogP contribution in [0.15, 0.2) is 36.7 Å². The maximum atomic E-state index is 15.0. The molecule has 1 atom stereocenters. The van der Waals surface area contributed by atoms with Gasteiger partial charge in [0, 0.05) is 52.0 Å². The van der Waals surface area contributed by atoms with Gasteiger partial charge in [0.15, 0.2) is 11.6 Å². The summed E-state index contributed by atoms with van der Waals surface area (Å²) < 4.78 is 38.0. The molecule has 6 rings (SSSR count). The first-order valence-electron chi connectivity index (χ1n) is 13.7. The second kappa shape index (κ2) is 10.5. The van der Waals surface area contributed by atoms with E-state index in [1.54, 1.807) is 6.07 Å². The van der Waals surface area contributed by atoms with E-state index in [0.717, 1.165) is 57.5 Å². The molecular weight excluding hydrogens is 514 g/mol. The Morgan fingerprint density at radius 3 is 2.65 bits per heavy atom. The van der Waals surface area contributed by atoms with Crippen LogP contribution in [0.25, 0.3) is 22.3 Å². The van der Waals surface area contributed by atoms with Gasteiger partial charge in [-0.3, -0.25) is 4.90 Å². The maximum Gasteiger partial charge on any atom is 0.229 e. The van der Waals surface area contributed by atoms with E-state index in [2.05, 4.69) is 42.1 Å². The Bertz CT molecular complexity index is 1540. The number of anilines is 2. The maximum absolute atomic E-state index is 15.0. The summed E-state index contributed by atoms with van der Waals surface area (Å²) in [6, 6.07) is 6.93. The van der Waals surface area contributed by atoms with Gasteiger partial charge in [-0.1, -0.05) is 6.07 Å². The lowest BCUT2D eigenvalue weighted by molar-refractivity contribution is -0.102. The smallest absolute Gasteiger partial charge is 0.229 e. The van der Waals surface area contributed by atoms with Crippen molar-refractivity contribution >= 4 is 22.8 Å². The molecule has 0 aliphatic carbocycles. The average Bonchev–Trinajstić information content (AvgIpc) is 3.45. The molecule has 1 N–H and O–H groups in total. The van der Waals surface area contributed by atoms with Crippen LogP contribution in [0, 0.1) is 18.6 Å². The third-order valence-electron chi connectivity index (χ3n) is 7.76. The SMILES string of the molecule is Cc1nc2c(F)cc(-c3nc(Nc4ccc(CN5CCO[C@@]6(CCN(C)C6)C5)cn4)ncc3F)cc2n1C(C)C.[HH]. The summed E-state index contributed by atoms with van der Waals surface area (Å²) in [6.07, 6.45) is 3.97. The minimum Gasteiger partial charge on any atom is -0.371 e. The molecule has 0 saturated carbocycles. The van der Waals surface area contributed by atoms with Crippen molar-refractivity contribution in [1.82, 2.24) is 34.3 Å². The van der Waals surface area contributed by atoms with Crippen LogP contribution < -0.4 is 5.32 Å². The summed E-state index contributed by atoms with van der Waals surface area (Å²) >= 11 is 0. The molecule has 2 aliphatic heterocycles. The van der Waals surface area contributed by atoms with Gasteiger partial charge in [0.1, 0.15) is 22.9 Å². The normalized spacial score (nSPS) is 20.3. The first-order chi connectivity index (χ1) is 19.2. The molecule has 0 bridgehead atoms. The van der Waals surface area contributed by atoms with Gasteiger partial charge >= 0.3 is 0 Å². The zero-order valence-electron chi connectivity index (χ0n) is 23.3. The molecule has 3 aromatic heterocycles. The summed E-state index contributed by atoms with van der Waals surface area (Å²) in [7, 11) is 2.14. The molecule has 2 aliphatic rings. The van der Waals surface area contributed by atoms with Crippen molar-refractivity contribution in [2.24, 2.45) is 0 Å². The first kappa shape index (κ1) is 26.7. The fourth-order valence-electron chi connectivity index (χ4n) is 6.00. The highest BCUT2D eigenvalue weighted by Crippen LogP contribution is 2.31. The molecule has 2 fully saturated rings. The number of hydrogen-bond acceptors (Lipinski definition) is 8. The minimum absolute atomic E-state index is 0. The Labute approximate surface area is 233 Å². The molecule has 4 aromatic rings. The van der Waals surface area contributed by atoms with Crippen molar-refractivity contribution < 1.29 is 14.9 Å². The number of aromatic nitrogens is 5. The van der Waals surface area contributed by atoms with Gasteiger partial charge in [-0.05, 0) is 58.0 Å². The summed E-state index contributed by atoms with van der Waals surface area (Å²) in [5.41, 5.74) is 2.20. The minimum atomic E-state index is -0.642. The third kappa shape index (κ3) is 5.16. The van der Waals surface area contributed by atoms with Gasteiger partial charge in [-0.2, -0.15) is 0 Å². The zero-order chi connectivity index (χ0) is 28.0. The average molecular weight is 551 g/mol. The Hall–Kier alpha value is -3.54. The Morgan fingerprint density at radius 2 is 1.93 bits per heavy atom. The highest BCUT2D eigenvalue weighted by Gasteiger charge is 2.41. The predicted octanol–water partition coefficient (Wildman–Crippen LogP) is 4.95. The van der Waals surface area contributed by atoms with Crippen LogP contribution in [0.5, 0.6) is 0 Å². The van der Waals surface area contributed by atoms with Crippen molar-refractivity contribution in [2.75, 3.05) is 45.2 Å². The van der Waals surface area contributed by atoms with Crippen LogP contribution in [-0.2, 0) is 11.3 Å². The number of morpholine rings is 1. The Morgan fingerprint density at radius 1 is 1.07 bits per heavy atom. The first-order valence-corrected chi connectivity index (χ1v) is 13.7. The van der Waals surface area contributed by atoms with E-state index < -0.39 is 11.6 Å². The fraction of sp³-hybridized carbons (Fsp3) is 0.448. The highest BCUT2D eigenvalue weighted by molar-refractivity contribution is 5.83. The van der Waals surface area contributed by atoms with Gasteiger partial charge in [-0.15, -0.1) is 0 Å². The Kier molecular flexibility index (Phi) is 6.97. The monoisotopic (exact) mass is 550 g/mol. The number of likely N-dealkylation sites (tertiary alicyclic amines) is 1. The van der Waals surface area contributed by atoms with Gasteiger partial charge in [0.05, 0.1) is 23.9 Å². The topological polar surface area (TPSA) is 84.2 Å². The molecule has 40 heavy (non-hydrogen) atoms. The molecule has 212 valence electrons. The summed E-state index contributed by atoms with van der Waals surface area (Å²) in [5.74, 6) is 0.237. The molecule has 0 unspecified atom stereocenters. The van der Waals surface area contributed by atoms with E-state index in [9.17, 15) is 8.78 Å². The van der Waals surface area contributed by atoms with Gasteiger partial charge < -0.3 is 19.5 Å². The number of ether oxygens (including phenoxy) is 1. The summed E-state index contributed by atoms with van der Waals surface area (Å²) in [5, 5.41) is 3.05. The van der Waals surface area contributed by atoms with Gasteiger partial charge in [-0.25, -0.2) is 28.7 Å². The second-order valence-electron chi connectivity index (χ2n) is 11.2. The number of benzene rings is 1. The molecule has 11 heteroatoms. The predicted molar refractivity (Wildman–Crippen MR) is 152 cm³/mol. The molecule has 2 saturated heterocycles. The molecule has 0 amide bonds. The van der Waals surface area contributed by atoms with Crippen LogP contribution in [0.1, 0.15) is 39.1 Å². The lowest BCUT2D eigenvalue weighted by Crippen LogP contribution is -2.52. The van der Waals surface area contributed by atoms with E-state index in [4.69, 9.17) is 4.74 Å². The lowest BCUT2D eigenvalue weighted by atomic mass is 10.0. The van der Waals surface area contributed by atoms with Crippen LogP contribution in [0.2, 0.25) is 0 Å². The van der Waals surface area contributed by atoms with Crippen molar-refractivity contribution in [3.8, 4) is 11.3 Å². The quantitative estimate of drug-likeness (QED) is 0.361. The summed E-state index contributed by atoms with van der Waals surface area (Å²) in [4.78, 5) is 22.1. The number of likely N-dealkylation sites (N-methyl/N-ethyl adjacent to an activating group) is 1. The number of aryl methyl sites for hydroxylation is 1. The molecule has 1 spiro atoms. The van der Waals surface area contributed by atoms with Crippen molar-refractivity contribution in [3.63, 3.8) is 0 Å². The van der Waals surface area contributed by atoms with Crippen molar-refractivity contribution in [3.05, 3.63) is 59.7 Å². The van der Waals surface area contributed by atoms with Crippen molar-refractivity contribution in [2.45, 2.75) is 45.4 Å². The lowest BCUT2D eigenvalue weighted by Gasteiger charge is -2.40. The van der Waals surface area contributed by atoms with Crippen LogP contribution in [-0.4, -0.2) is 79.7 Å². The fourth-order valence-corrected chi connectivity index (χ4v) is 6.00. The van der Waals surface area contributed by atoms with E-state index in [1.807, 2.05) is 43.7 Å². The second-order valence-corrected chi connectivity index (χ2v) is 11.2. The molecular formula is C29H36F2N8O. The zero-order valence-corrected chi connectivity index (χ0v) is 23.3. The van der Waals surface area contributed by atoms with Crippen LogP contribution >= 0.6 is 0 Å². The number of hydrogen-bond donors (Lipinski definition) is 1. The number of fused-ring (bicyclic) bond motifs is 1. The number of halogens is 2. The number of nitrogens with one attached hydrogen (secondary N) is 1. The van der Waals surface area contributed by atoms with E-state index in [-0.39, 0.29) is 30.2 Å². The summed E-state index contributed by atoms with van der Waals surface area (Å²) in [6.45, 7) is 11.2. The molecule has 0 radical (unpaired) electrons. The molecule has 9 nitrogen and oxygen atoms in total. The molecule has 1 aromatic carbocycles. The van der Waals surface area contributed by atoms with Crippen molar-refractivity contribution in [1.29, 1.82) is 0 Å². The van der Waals surface area contributed by atoms with Crippen LogP contribution in [0.3, 0.4) is 0 Å². The standard InChI is InChI=1S/C29H34F2N8O.H2/c1-18(2)39-19(3)34-27-22(30)11-21(12-24(27)39)26-23(31)14-33-28(36-26)35-25-6-5-20(13-32-25)15-38-9-10-40-29(17-38)7-8-37(4)16-29;/h5-6,11-14,18H,7-10,15-17H2,1-4H3,(H,32,33,35,36);1H/t29-;/m1./s1. The Balaban J connectivity index is 0.00000337. The van der Waals surface area contributed by atoms with E-state index in [0.29, 0.717) is 22.7 Å². The van der Waals surface area contributed by atoms with Gasteiger partial charge in [0.2, 0.25) is 5.95 Å². The highest BCUT2D eigenvalue weighted by atomic mass is 19.1. The number of nitrogens with zero attached hydrogens (tertiary/aromatic N) is 7. The van der Waals surface area contributed by atoms with Gasteiger partial charge in [0.25, 0.3) is 0 Å². The van der Waals surface area contributed by atoms with E-state index in [1.165, 1.54) is 6.07 Å². The van der Waals surface area contributed by atoms with Crippen LogP contribution in [0.4, 0.5) is 20.5 Å².